The molecule has 0 heterocycles. The monoisotopic (exact) mass is 155 g/mol. The van der Waals surface area contributed by atoms with E-state index in [4.69, 9.17) is 0 Å². The van der Waals surface area contributed by atoms with Gasteiger partial charge in [-0.3, -0.25) is 0 Å². The molecule has 0 atom stereocenters. The second-order valence-electron chi connectivity index (χ2n) is 4.35. The van der Waals surface area contributed by atoms with Gasteiger partial charge in [0.25, 0.3) is 0 Å². The first-order valence-corrected chi connectivity index (χ1v) is 4.21. The van der Waals surface area contributed by atoms with Gasteiger partial charge in [-0.2, -0.15) is 0 Å². The van der Waals surface area contributed by atoms with Gasteiger partial charge in [0, 0.05) is 19.3 Å². The first-order valence-electron chi connectivity index (χ1n) is 4.21. The summed E-state index contributed by atoms with van der Waals surface area (Å²) in [6.45, 7) is 12.1. The minimum atomic E-state index is 0.388. The molecule has 0 aromatic heterocycles. The Labute approximate surface area is 71.1 Å². The Morgan fingerprint density at radius 3 is 2.09 bits per heavy atom. The molecule has 0 aromatic rings. The maximum absolute atomic E-state index is 2.29. The van der Waals surface area contributed by atoms with Gasteiger partial charge in [0.2, 0.25) is 0 Å². The zero-order chi connectivity index (χ0) is 9.07. The predicted octanol–water partition coefficient (Wildman–Crippen LogP) is 2.89. The first-order chi connectivity index (χ1) is 4.87. The maximum Gasteiger partial charge on any atom is 0.0220 e. The van der Waals surface area contributed by atoms with Crippen molar-refractivity contribution in [2.24, 2.45) is 5.41 Å². The van der Waals surface area contributed by atoms with Crippen LogP contribution >= 0.6 is 0 Å². The molecule has 0 aromatic carbocycles. The lowest BCUT2D eigenvalue weighted by Gasteiger charge is -2.28. The molecule has 1 nitrogen and oxygen atoms in total. The molecule has 0 amide bonds. The lowest BCUT2D eigenvalue weighted by atomic mass is 9.96. The van der Waals surface area contributed by atoms with E-state index in [-0.39, 0.29) is 0 Å². The van der Waals surface area contributed by atoms with Crippen molar-refractivity contribution in [3.8, 4) is 0 Å². The smallest absolute Gasteiger partial charge is 0.0220 e. The van der Waals surface area contributed by atoms with Gasteiger partial charge in [-0.05, 0) is 19.3 Å². The second-order valence-corrected chi connectivity index (χ2v) is 4.35. The van der Waals surface area contributed by atoms with Gasteiger partial charge in [0.15, 0.2) is 0 Å². The summed E-state index contributed by atoms with van der Waals surface area (Å²) in [5.41, 5.74) is 1.74. The molecule has 0 unspecified atom stereocenters. The number of nitrogens with zero attached hydrogens (tertiary/aromatic N) is 1. The highest BCUT2D eigenvalue weighted by molar-refractivity contribution is 4.94. The van der Waals surface area contributed by atoms with E-state index in [9.17, 15) is 0 Å². The minimum Gasteiger partial charge on any atom is -0.378 e. The first kappa shape index (κ1) is 10.5. The van der Waals surface area contributed by atoms with E-state index in [1.165, 1.54) is 5.70 Å². The summed E-state index contributed by atoms with van der Waals surface area (Å²) in [6.07, 6.45) is 2.14. The summed E-state index contributed by atoms with van der Waals surface area (Å²) < 4.78 is 0. The van der Waals surface area contributed by atoms with E-state index in [0.717, 1.165) is 6.54 Å². The number of hydrogen-bond donors (Lipinski definition) is 0. The molecule has 0 aliphatic rings. The molecule has 0 saturated carbocycles. The van der Waals surface area contributed by atoms with Crippen LogP contribution in [0.15, 0.2) is 11.8 Å². The fourth-order valence-electron chi connectivity index (χ4n) is 1.06. The van der Waals surface area contributed by atoms with E-state index in [1.807, 2.05) is 0 Å². The summed E-state index contributed by atoms with van der Waals surface area (Å²) in [5, 5.41) is 0. The predicted molar refractivity (Wildman–Crippen MR) is 51.5 cm³/mol. The van der Waals surface area contributed by atoms with E-state index in [0.29, 0.717) is 5.41 Å². The molecular formula is C10H21N. The molecule has 0 bridgehead atoms. The van der Waals surface area contributed by atoms with Crippen LogP contribution < -0.4 is 0 Å². The Kier molecular flexibility index (Phi) is 3.64. The van der Waals surface area contributed by atoms with Gasteiger partial charge >= 0.3 is 0 Å². The SMILES string of the molecule is C/C=C(/C)N(C)CC(C)(C)C. The van der Waals surface area contributed by atoms with Crippen LogP contribution in [-0.2, 0) is 0 Å². The highest BCUT2D eigenvalue weighted by Crippen LogP contribution is 2.16. The zero-order valence-corrected chi connectivity index (χ0v) is 8.73. The van der Waals surface area contributed by atoms with Gasteiger partial charge < -0.3 is 4.90 Å². The maximum atomic E-state index is 2.29. The van der Waals surface area contributed by atoms with Crippen molar-refractivity contribution in [2.75, 3.05) is 13.6 Å². The molecule has 0 aliphatic heterocycles. The number of allylic oxidation sites excluding steroid dienone is 2. The summed E-state index contributed by atoms with van der Waals surface area (Å²) in [5.74, 6) is 0. The third kappa shape index (κ3) is 4.88. The van der Waals surface area contributed by atoms with Gasteiger partial charge in [-0.1, -0.05) is 26.8 Å². The van der Waals surface area contributed by atoms with Crippen LogP contribution in [0, 0.1) is 5.41 Å². The molecule has 0 radical (unpaired) electrons. The highest BCUT2D eigenvalue weighted by atomic mass is 15.1. The minimum absolute atomic E-state index is 0.388. The van der Waals surface area contributed by atoms with E-state index < -0.39 is 0 Å². The molecule has 66 valence electrons. The topological polar surface area (TPSA) is 3.24 Å². The molecule has 11 heavy (non-hydrogen) atoms. The molecule has 0 rings (SSSR count). The number of hydrogen-bond acceptors (Lipinski definition) is 1. The second kappa shape index (κ2) is 3.80. The molecule has 0 aliphatic carbocycles. The quantitative estimate of drug-likeness (QED) is 0.592. The van der Waals surface area contributed by atoms with Crippen LogP contribution in [0.25, 0.3) is 0 Å². The fourth-order valence-corrected chi connectivity index (χ4v) is 1.06. The fraction of sp³-hybridized carbons (Fsp3) is 0.800. The van der Waals surface area contributed by atoms with Crippen LogP contribution in [-0.4, -0.2) is 18.5 Å². The molecule has 0 spiro atoms. The summed E-state index contributed by atoms with van der Waals surface area (Å²) in [7, 11) is 2.14. The van der Waals surface area contributed by atoms with Gasteiger partial charge in [0.05, 0.1) is 0 Å². The summed E-state index contributed by atoms with van der Waals surface area (Å²) in [6, 6.07) is 0. The average Bonchev–Trinajstić information content (AvgIpc) is 1.82. The van der Waals surface area contributed by atoms with Gasteiger partial charge in [0.1, 0.15) is 0 Å². The van der Waals surface area contributed by atoms with Crippen molar-refractivity contribution >= 4 is 0 Å². The van der Waals surface area contributed by atoms with Crippen molar-refractivity contribution in [3.05, 3.63) is 11.8 Å². The van der Waals surface area contributed by atoms with Gasteiger partial charge in [-0.15, -0.1) is 0 Å². The van der Waals surface area contributed by atoms with Crippen molar-refractivity contribution in [1.29, 1.82) is 0 Å². The molecule has 0 saturated heterocycles. The van der Waals surface area contributed by atoms with Crippen LogP contribution in [0.4, 0.5) is 0 Å². The van der Waals surface area contributed by atoms with Crippen LogP contribution in [0.5, 0.6) is 0 Å². The van der Waals surface area contributed by atoms with E-state index >= 15 is 0 Å². The Morgan fingerprint density at radius 1 is 1.36 bits per heavy atom. The lowest BCUT2D eigenvalue weighted by molar-refractivity contribution is 0.269. The van der Waals surface area contributed by atoms with Crippen LogP contribution in [0.1, 0.15) is 34.6 Å². The van der Waals surface area contributed by atoms with Crippen molar-refractivity contribution in [3.63, 3.8) is 0 Å². The van der Waals surface area contributed by atoms with Crippen molar-refractivity contribution in [2.45, 2.75) is 34.6 Å². The largest absolute Gasteiger partial charge is 0.378 e. The van der Waals surface area contributed by atoms with Crippen molar-refractivity contribution < 1.29 is 0 Å². The van der Waals surface area contributed by atoms with E-state index in [2.05, 4.69) is 52.6 Å². The number of rotatable bonds is 2. The molecular weight excluding hydrogens is 134 g/mol. The molecule has 1 heteroatoms. The average molecular weight is 155 g/mol. The zero-order valence-electron chi connectivity index (χ0n) is 8.73. The Balaban J connectivity index is 3.98. The highest BCUT2D eigenvalue weighted by Gasteiger charge is 2.12. The standard InChI is InChI=1S/C10H21N/c1-7-9(2)11(6)8-10(3,4)5/h7H,8H2,1-6H3/b9-7-. The van der Waals surface area contributed by atoms with Crippen LogP contribution in [0.2, 0.25) is 0 Å². The molecule has 0 fully saturated rings. The van der Waals surface area contributed by atoms with Crippen molar-refractivity contribution in [1.82, 2.24) is 4.90 Å². The summed E-state index contributed by atoms with van der Waals surface area (Å²) >= 11 is 0. The molecule has 0 N–H and O–H groups in total. The third-order valence-corrected chi connectivity index (χ3v) is 1.73. The Morgan fingerprint density at radius 2 is 1.82 bits per heavy atom. The summed E-state index contributed by atoms with van der Waals surface area (Å²) in [4.78, 5) is 2.29. The third-order valence-electron chi connectivity index (χ3n) is 1.73. The normalized spacial score (nSPS) is 13.5. The van der Waals surface area contributed by atoms with Gasteiger partial charge in [-0.25, -0.2) is 0 Å². The Hall–Kier alpha value is -0.460. The van der Waals surface area contributed by atoms with E-state index in [1.54, 1.807) is 0 Å². The Bertz CT molecular complexity index is 139. The lowest BCUT2D eigenvalue weighted by Crippen LogP contribution is -2.27. The van der Waals surface area contributed by atoms with Crippen LogP contribution in [0.3, 0.4) is 0 Å².